The molecular weight excluding hydrogens is 646 g/mol. The van der Waals surface area contributed by atoms with Gasteiger partial charge in [0, 0.05) is 21.1 Å². The van der Waals surface area contributed by atoms with E-state index in [1.165, 1.54) is 90.2 Å². The molecule has 0 amide bonds. The third-order valence-electron chi connectivity index (χ3n) is 7.72. The second-order valence-corrected chi connectivity index (χ2v) is 10.4. The van der Waals surface area contributed by atoms with Crippen molar-refractivity contribution < 1.29 is 47.5 Å². The van der Waals surface area contributed by atoms with Gasteiger partial charge < -0.3 is 47.4 Å². The predicted octanol–water partition coefficient (Wildman–Crippen LogP) is 1.54. The Morgan fingerprint density at radius 3 is 1.41 bits per heavy atom. The second kappa shape index (κ2) is 15.4. The zero-order chi connectivity index (χ0) is 36.0. The van der Waals surface area contributed by atoms with Crippen LogP contribution in [0, 0.1) is 0 Å². The molecule has 17 nitrogen and oxygen atoms in total. The number of carbonyl (C=O) groups excluding carboxylic acids is 2. The van der Waals surface area contributed by atoms with Crippen LogP contribution in [0.4, 0.5) is 5.95 Å². The molecule has 0 radical (unpaired) electrons. The Kier molecular flexibility index (Phi) is 11.3. The molecule has 0 unspecified atom stereocenters. The van der Waals surface area contributed by atoms with Gasteiger partial charge in [0.15, 0.2) is 34.2 Å². The van der Waals surface area contributed by atoms with Crippen LogP contribution in [0.3, 0.4) is 0 Å². The zero-order valence-corrected chi connectivity index (χ0v) is 28.8. The van der Waals surface area contributed by atoms with Gasteiger partial charge in [-0.15, -0.1) is 0 Å². The molecule has 4 rings (SSSR count). The Morgan fingerprint density at radius 1 is 0.633 bits per heavy atom. The van der Waals surface area contributed by atoms with Crippen molar-refractivity contribution in [1.29, 1.82) is 0 Å². The molecule has 49 heavy (non-hydrogen) atoms. The number of hydrogen-bond acceptors (Lipinski definition) is 14. The van der Waals surface area contributed by atoms with Crippen molar-refractivity contribution in [3.05, 3.63) is 56.2 Å². The number of aromatic nitrogens is 4. The summed E-state index contributed by atoms with van der Waals surface area (Å²) < 4.78 is 46.9. The van der Waals surface area contributed by atoms with Gasteiger partial charge in [0.1, 0.15) is 13.2 Å². The van der Waals surface area contributed by atoms with E-state index >= 15 is 0 Å². The summed E-state index contributed by atoms with van der Waals surface area (Å²) in [5.74, 6) is 0.650. The average molecular weight is 686 g/mol. The molecule has 2 aromatic heterocycles. The number of esters is 2. The summed E-state index contributed by atoms with van der Waals surface area (Å²) >= 11 is 0. The molecule has 0 aliphatic rings. The number of anilines is 1. The molecule has 0 fully saturated rings. The molecule has 264 valence electrons. The quantitative estimate of drug-likeness (QED) is 0.165. The van der Waals surface area contributed by atoms with Gasteiger partial charge in [-0.2, -0.15) is 4.98 Å². The molecule has 0 atom stereocenters. The van der Waals surface area contributed by atoms with E-state index < -0.39 is 23.2 Å². The number of nitrogens with zero attached hydrogens (tertiary/aromatic N) is 5. The van der Waals surface area contributed by atoms with E-state index in [2.05, 4.69) is 4.98 Å². The van der Waals surface area contributed by atoms with Gasteiger partial charge in [-0.1, -0.05) is 0 Å². The first-order chi connectivity index (χ1) is 23.4. The maximum absolute atomic E-state index is 13.1. The van der Waals surface area contributed by atoms with Crippen molar-refractivity contribution >= 4 is 29.1 Å². The van der Waals surface area contributed by atoms with Gasteiger partial charge in [0.2, 0.25) is 17.4 Å². The van der Waals surface area contributed by atoms with Crippen LogP contribution in [0.25, 0.3) is 11.2 Å². The molecule has 0 aliphatic heterocycles. The van der Waals surface area contributed by atoms with Crippen LogP contribution in [0.2, 0.25) is 0 Å². The predicted molar refractivity (Wildman–Crippen MR) is 176 cm³/mol. The molecule has 0 spiro atoms. The monoisotopic (exact) mass is 685 g/mol. The van der Waals surface area contributed by atoms with E-state index in [1.54, 1.807) is 11.9 Å². The van der Waals surface area contributed by atoms with Crippen molar-refractivity contribution in [2.75, 3.05) is 73.9 Å². The zero-order valence-electron chi connectivity index (χ0n) is 28.8. The topological polar surface area (TPSA) is 173 Å². The van der Waals surface area contributed by atoms with Crippen LogP contribution in [0.5, 0.6) is 34.5 Å². The highest BCUT2D eigenvalue weighted by atomic mass is 16.5. The number of benzene rings is 2. The Bertz CT molecular complexity index is 1850. The molecule has 4 aromatic rings. The summed E-state index contributed by atoms with van der Waals surface area (Å²) in [6.07, 6.45) is 0. The Labute approximate surface area is 281 Å². The maximum atomic E-state index is 13.1. The Balaban J connectivity index is 1.60. The number of ether oxygens (including phenoxy) is 8. The molecule has 0 N–H and O–H groups in total. The van der Waals surface area contributed by atoms with Crippen LogP contribution in [0.1, 0.15) is 20.7 Å². The van der Waals surface area contributed by atoms with Gasteiger partial charge in [0.25, 0.3) is 5.56 Å². The van der Waals surface area contributed by atoms with Crippen molar-refractivity contribution in [3.8, 4) is 34.5 Å². The SMILES string of the molecule is COc1cc(C(=O)OCCN(CCOC(=O)c2cc(OC)c(OC)c(OC)c2)c2nc3c(c(=O)n(C)c(=O)n3C)n2C)cc(OC)c1OC. The molecular formula is C32H39N5O12. The fourth-order valence-electron chi connectivity index (χ4n) is 5.16. The minimum Gasteiger partial charge on any atom is -0.493 e. The van der Waals surface area contributed by atoms with Crippen molar-refractivity contribution in [1.82, 2.24) is 18.7 Å². The van der Waals surface area contributed by atoms with Gasteiger partial charge >= 0.3 is 17.6 Å². The van der Waals surface area contributed by atoms with E-state index in [4.69, 9.17) is 37.9 Å². The summed E-state index contributed by atoms with van der Waals surface area (Å²) in [7, 11) is 13.1. The number of methoxy groups -OCH3 is 6. The lowest BCUT2D eigenvalue weighted by molar-refractivity contribution is 0.0502. The molecule has 0 saturated heterocycles. The number of fused-ring (bicyclic) bond motifs is 1. The first-order valence-corrected chi connectivity index (χ1v) is 14.8. The lowest BCUT2D eigenvalue weighted by atomic mass is 10.2. The standard InChI is InChI=1S/C32H39N5O12/c1-34-24-27(35(2)32(41)36(3)28(24)38)33-31(34)37(10-12-48-29(39)18-14-20(42-4)25(46-8)21(15-18)43-5)11-13-49-30(40)19-16-22(44-6)26(47-9)23(17-19)45-7/h14-17H,10-13H2,1-9H3. The second-order valence-electron chi connectivity index (χ2n) is 10.4. The molecule has 17 heteroatoms. The molecule has 2 aromatic carbocycles. The number of aryl methyl sites for hydroxylation is 2. The molecule has 0 bridgehead atoms. The smallest absolute Gasteiger partial charge is 0.338 e. The highest BCUT2D eigenvalue weighted by molar-refractivity contribution is 5.92. The van der Waals surface area contributed by atoms with E-state index in [0.29, 0.717) is 11.5 Å². The van der Waals surface area contributed by atoms with Crippen molar-refractivity contribution in [2.45, 2.75) is 0 Å². The van der Waals surface area contributed by atoms with Gasteiger partial charge in [-0.3, -0.25) is 13.9 Å². The molecule has 2 heterocycles. The number of rotatable bonds is 15. The minimum absolute atomic E-state index is 0.0588. The average Bonchev–Trinajstić information content (AvgIpc) is 3.47. The third-order valence-corrected chi connectivity index (χ3v) is 7.72. The van der Waals surface area contributed by atoms with Gasteiger partial charge in [-0.25, -0.2) is 14.4 Å². The lowest BCUT2D eigenvalue weighted by Crippen LogP contribution is -2.37. The van der Waals surface area contributed by atoms with E-state index in [1.807, 2.05) is 0 Å². The summed E-state index contributed by atoms with van der Waals surface area (Å²) in [5.41, 5.74) is -0.454. The maximum Gasteiger partial charge on any atom is 0.338 e. The Morgan fingerprint density at radius 2 is 1.04 bits per heavy atom. The first kappa shape index (κ1) is 36.0. The van der Waals surface area contributed by atoms with Crippen LogP contribution in [-0.2, 0) is 30.6 Å². The fourth-order valence-corrected chi connectivity index (χ4v) is 5.16. The van der Waals surface area contributed by atoms with E-state index in [9.17, 15) is 19.2 Å². The summed E-state index contributed by atoms with van der Waals surface area (Å²) in [5, 5.41) is 0. The molecule has 0 aliphatic carbocycles. The number of imidazole rings is 1. The van der Waals surface area contributed by atoms with Crippen LogP contribution < -0.4 is 44.6 Å². The summed E-state index contributed by atoms with van der Waals surface area (Å²) in [6, 6.07) is 5.86. The van der Waals surface area contributed by atoms with E-state index in [0.717, 1.165) is 4.57 Å². The van der Waals surface area contributed by atoms with Crippen LogP contribution in [-0.4, -0.2) is 99.6 Å². The highest BCUT2D eigenvalue weighted by Gasteiger charge is 2.24. The molecule has 0 saturated carbocycles. The third kappa shape index (κ3) is 7.05. The normalized spacial score (nSPS) is 10.8. The van der Waals surface area contributed by atoms with Crippen LogP contribution >= 0.6 is 0 Å². The van der Waals surface area contributed by atoms with Crippen molar-refractivity contribution in [2.24, 2.45) is 21.1 Å². The number of carbonyl (C=O) groups is 2. The largest absolute Gasteiger partial charge is 0.493 e. The van der Waals surface area contributed by atoms with E-state index in [-0.39, 0.29) is 77.5 Å². The Hall–Kier alpha value is -5.87. The summed E-state index contributed by atoms with van der Waals surface area (Å²) in [4.78, 5) is 58.1. The highest BCUT2D eigenvalue weighted by Crippen LogP contribution is 2.39. The van der Waals surface area contributed by atoms with Gasteiger partial charge in [-0.05, 0) is 24.3 Å². The lowest BCUT2D eigenvalue weighted by Gasteiger charge is -2.23. The first-order valence-electron chi connectivity index (χ1n) is 14.8. The number of hydrogen-bond donors (Lipinski definition) is 0. The van der Waals surface area contributed by atoms with Crippen LogP contribution in [0.15, 0.2) is 33.9 Å². The minimum atomic E-state index is -0.672. The fraction of sp³-hybridized carbons (Fsp3) is 0.406. The van der Waals surface area contributed by atoms with Gasteiger partial charge in [0.05, 0.1) is 66.9 Å². The summed E-state index contributed by atoms with van der Waals surface area (Å²) in [6.45, 7) is -0.167. The van der Waals surface area contributed by atoms with Crippen molar-refractivity contribution in [3.63, 3.8) is 0 Å².